The Morgan fingerprint density at radius 1 is 0.885 bits per heavy atom. The van der Waals surface area contributed by atoms with Crippen LogP contribution >= 0.6 is 19.4 Å². The van der Waals surface area contributed by atoms with Gasteiger partial charge in [0.2, 0.25) is 21.8 Å². The number of hydrogen-bond acceptors (Lipinski definition) is 13. The van der Waals surface area contributed by atoms with Crippen LogP contribution in [0.5, 0.6) is 5.75 Å². The van der Waals surface area contributed by atoms with Crippen LogP contribution in [0.3, 0.4) is 0 Å². The van der Waals surface area contributed by atoms with Crippen molar-refractivity contribution in [1.29, 1.82) is 0 Å². The molecule has 0 spiro atoms. The van der Waals surface area contributed by atoms with E-state index in [0.717, 1.165) is 50.4 Å². The number of rotatable bonds is 21. The average molecular weight is 1320 g/mol. The Labute approximate surface area is 491 Å². The summed E-state index contributed by atoms with van der Waals surface area (Å²) in [6.45, 7) is 1.26. The van der Waals surface area contributed by atoms with Gasteiger partial charge in [0.1, 0.15) is 36.2 Å². The van der Waals surface area contributed by atoms with Crippen molar-refractivity contribution in [2.24, 2.45) is 5.92 Å². The number of halogens is 11. The molecular formula is C52H49ClF10N7O14PS2. The zero-order valence-corrected chi connectivity index (χ0v) is 49.1. The number of anilines is 1. The SMILES string of the molecule is CC(C)(CC(=O)N(c1nn(CC(F)(F)F)c2c(-c3ccc(CCC(C)(C)S(C)(=O)=O)nc3[C@H](Cc3cc(F)cc(F)c3)NC(=O)Cn3nc(C(F)(F)F)c4c3C(F)(F)C3C[C@H]43)ccc(Cl)c12)S(C)(=O)=O)c1c(OP(=O)(O)O)cc(C(=O)O)cc1C(=O)O. The van der Waals surface area contributed by atoms with Crippen LogP contribution in [0.15, 0.2) is 54.6 Å². The number of benzene rings is 3. The Hall–Kier alpha value is -7.19. The van der Waals surface area contributed by atoms with Crippen molar-refractivity contribution in [2.45, 2.75) is 113 Å². The van der Waals surface area contributed by atoms with E-state index in [4.69, 9.17) is 11.6 Å². The van der Waals surface area contributed by atoms with Gasteiger partial charge in [-0.15, -0.1) is 0 Å². The fraction of sp³-hybridized carbons (Fsp3) is 0.404. The van der Waals surface area contributed by atoms with E-state index in [0.29, 0.717) is 24.5 Å². The molecule has 2 aliphatic rings. The fourth-order valence-electron chi connectivity index (χ4n) is 10.6. The first-order chi connectivity index (χ1) is 39.7. The van der Waals surface area contributed by atoms with E-state index in [-0.39, 0.29) is 49.8 Å². The van der Waals surface area contributed by atoms with E-state index in [1.165, 1.54) is 19.9 Å². The molecule has 87 heavy (non-hydrogen) atoms. The lowest BCUT2D eigenvalue weighted by atomic mass is 9.77. The summed E-state index contributed by atoms with van der Waals surface area (Å²) < 4.78 is 218. The normalized spacial score (nSPS) is 16.5. The molecule has 21 nitrogen and oxygen atoms in total. The van der Waals surface area contributed by atoms with Gasteiger partial charge in [-0.05, 0) is 87.4 Å². The van der Waals surface area contributed by atoms with Gasteiger partial charge < -0.3 is 20.1 Å². The molecule has 1 saturated carbocycles. The number of carbonyl (C=O) groups is 4. The Morgan fingerprint density at radius 3 is 2.06 bits per heavy atom. The molecule has 0 saturated heterocycles. The van der Waals surface area contributed by atoms with Crippen molar-refractivity contribution < 1.29 is 109 Å². The summed E-state index contributed by atoms with van der Waals surface area (Å²) in [5, 5.41) is 28.2. The summed E-state index contributed by atoms with van der Waals surface area (Å²) >= 11 is 6.75. The quantitative estimate of drug-likeness (QED) is 0.0331. The van der Waals surface area contributed by atoms with Crippen molar-refractivity contribution >= 4 is 79.8 Å². The number of sulfonamides is 1. The molecule has 3 aromatic heterocycles. The highest BCUT2D eigenvalue weighted by Crippen LogP contribution is 2.68. The van der Waals surface area contributed by atoms with Crippen molar-refractivity contribution in [2.75, 3.05) is 16.8 Å². The monoisotopic (exact) mass is 1320 g/mol. The van der Waals surface area contributed by atoms with Crippen LogP contribution in [-0.4, -0.2) is 109 Å². The van der Waals surface area contributed by atoms with Crippen LogP contribution in [0.2, 0.25) is 5.02 Å². The molecular weight excluding hydrogens is 1270 g/mol. The van der Waals surface area contributed by atoms with Crippen molar-refractivity contribution in [3.05, 3.63) is 122 Å². The zero-order valence-electron chi connectivity index (χ0n) is 45.9. The molecule has 3 aromatic carbocycles. The molecule has 6 aromatic rings. The molecule has 1 fully saturated rings. The molecule has 1 unspecified atom stereocenters. The van der Waals surface area contributed by atoms with Crippen LogP contribution in [0.4, 0.5) is 49.7 Å². The first-order valence-electron chi connectivity index (χ1n) is 25.4. The molecule has 35 heteroatoms. The molecule has 3 atom stereocenters. The van der Waals surface area contributed by atoms with E-state index >= 15 is 8.78 Å². The van der Waals surface area contributed by atoms with Gasteiger partial charge in [-0.3, -0.25) is 33.7 Å². The van der Waals surface area contributed by atoms with Crippen LogP contribution in [0.25, 0.3) is 22.0 Å². The maximum atomic E-state index is 15.7. The highest BCUT2D eigenvalue weighted by atomic mass is 35.5. The molecule has 0 bridgehead atoms. The third-order valence-electron chi connectivity index (χ3n) is 14.8. The molecule has 2 amide bonds. The number of nitrogens with one attached hydrogen (secondary N) is 1. The standard InChI is InChI=1S/C52H49ClF10N7O14PS2/c1-48(2,40-31(47(75)76)16-24(46(73)74)17-35(40)84-85(77,78)79)20-37(72)70(87(6,82)83)45-39-33(53)10-9-29(42(39)69(67-45)22-50(56,57)58)28-8-7-27(11-12-49(3,4)86(5,80)81)64-41(28)34(15-23-13-25(54)18-26(55)14-23)65-36(71)21-68-44-38(43(66-68)52(61,62)63)30-19-32(30)51(44,59)60/h7-10,13-14,16-18,30,32,34H,11-12,15,19-22H2,1-6H3,(H,65,71)(H,73,74)(H,75,76)(H2,77,78,79)/t30-,32?,34-/m0/s1. The van der Waals surface area contributed by atoms with Crippen LogP contribution < -0.4 is 14.1 Å². The van der Waals surface area contributed by atoms with E-state index in [9.17, 15) is 95.7 Å². The highest BCUT2D eigenvalue weighted by Gasteiger charge is 2.68. The number of pyridine rings is 1. The molecule has 2 aliphatic carbocycles. The Balaban J connectivity index is 1.35. The number of hydrogen-bond donors (Lipinski definition) is 5. The van der Waals surface area contributed by atoms with Gasteiger partial charge in [0, 0.05) is 58.0 Å². The highest BCUT2D eigenvalue weighted by molar-refractivity contribution is 7.93. The number of aromatic nitrogens is 5. The van der Waals surface area contributed by atoms with E-state index in [1.807, 2.05) is 0 Å². The Morgan fingerprint density at radius 2 is 1.51 bits per heavy atom. The minimum atomic E-state index is -5.71. The third-order valence-corrected chi connectivity index (χ3v) is 18.8. The zero-order chi connectivity index (χ0) is 65.0. The van der Waals surface area contributed by atoms with Crippen LogP contribution in [0, 0.1) is 17.6 Å². The lowest BCUT2D eigenvalue weighted by Crippen LogP contribution is -2.40. The average Bonchev–Trinajstić information content (AvgIpc) is 1.56. The van der Waals surface area contributed by atoms with Gasteiger partial charge >= 0.3 is 32.1 Å². The number of carbonyl (C=O) groups excluding carboxylic acids is 2. The van der Waals surface area contributed by atoms with Crippen LogP contribution in [0.1, 0.15) is 119 Å². The molecule has 5 N–H and O–H groups in total. The summed E-state index contributed by atoms with van der Waals surface area (Å²) in [7, 11) is -14.7. The van der Waals surface area contributed by atoms with Gasteiger partial charge in [-0.1, -0.05) is 37.6 Å². The minimum Gasteiger partial charge on any atom is -0.478 e. The molecule has 0 aliphatic heterocycles. The second-order valence-electron chi connectivity index (χ2n) is 22.2. The van der Waals surface area contributed by atoms with Crippen LogP contribution in [-0.2, 0) is 77.5 Å². The molecule has 0 radical (unpaired) electrons. The number of sulfone groups is 1. The number of aromatic carboxylic acids is 2. The van der Waals surface area contributed by atoms with E-state index in [2.05, 4.69) is 25.0 Å². The van der Waals surface area contributed by atoms with Gasteiger partial charge in [-0.25, -0.2) is 39.8 Å². The van der Waals surface area contributed by atoms with Gasteiger partial charge in [0.05, 0.1) is 49.8 Å². The summed E-state index contributed by atoms with van der Waals surface area (Å²) in [4.78, 5) is 78.0. The second-order valence-corrected chi connectivity index (χ2v) is 28.2. The number of aryl methyl sites for hydroxylation is 1. The smallest absolute Gasteiger partial charge is 0.478 e. The maximum absolute atomic E-state index is 15.7. The number of phosphoric ester groups is 1. The predicted molar refractivity (Wildman–Crippen MR) is 287 cm³/mol. The number of amides is 2. The Bertz CT molecular complexity index is 4130. The topological polar surface area (TPSA) is 308 Å². The summed E-state index contributed by atoms with van der Waals surface area (Å²) in [6, 6.07) is 5.53. The predicted octanol–water partition coefficient (Wildman–Crippen LogP) is 9.40. The van der Waals surface area contributed by atoms with Crippen molar-refractivity contribution in [3.8, 4) is 16.9 Å². The van der Waals surface area contributed by atoms with E-state index < -0.39 is 208 Å². The molecule has 470 valence electrons. The second kappa shape index (κ2) is 22.4. The first kappa shape index (κ1) is 65.8. The largest absolute Gasteiger partial charge is 0.524 e. The van der Waals surface area contributed by atoms with E-state index in [1.54, 1.807) is 0 Å². The maximum Gasteiger partial charge on any atom is 0.524 e. The Kier molecular flexibility index (Phi) is 17.0. The number of nitrogens with zero attached hydrogens (tertiary/aromatic N) is 6. The number of alkyl halides is 8. The lowest BCUT2D eigenvalue weighted by molar-refractivity contribution is -0.143. The minimum absolute atomic E-state index is 0.0436. The lowest BCUT2D eigenvalue weighted by Gasteiger charge is -2.30. The van der Waals surface area contributed by atoms with Crippen molar-refractivity contribution in [3.63, 3.8) is 0 Å². The number of phosphoric acid groups is 1. The summed E-state index contributed by atoms with van der Waals surface area (Å²) in [5.74, 6) is -18.2. The van der Waals surface area contributed by atoms with Gasteiger partial charge in [0.15, 0.2) is 21.3 Å². The van der Waals surface area contributed by atoms with Gasteiger partial charge in [0.25, 0.3) is 5.92 Å². The summed E-state index contributed by atoms with van der Waals surface area (Å²) in [5.41, 5.74) is -11.1. The first-order valence-corrected chi connectivity index (χ1v) is 31.0. The van der Waals surface area contributed by atoms with Crippen molar-refractivity contribution in [1.82, 2.24) is 29.9 Å². The third kappa shape index (κ3) is 13.6. The number of carboxylic acids is 2. The summed E-state index contributed by atoms with van der Waals surface area (Å²) in [6.07, 6.45) is -12.1. The fourth-order valence-corrected chi connectivity index (χ4v) is 12.6. The number of fused-ring (bicyclic) bond motifs is 4. The number of carboxylic acid groups (broad SMARTS) is 2. The molecule has 8 rings (SSSR count). The van der Waals surface area contributed by atoms with Gasteiger partial charge in [-0.2, -0.15) is 49.6 Å². The molecule has 3 heterocycles.